The lowest BCUT2D eigenvalue weighted by Gasteiger charge is -2.55. The number of carbonyl (C=O) groups excluding carboxylic acids is 2. The third kappa shape index (κ3) is 3.87. The first-order valence-corrected chi connectivity index (χ1v) is 12.3. The molecule has 29 heavy (non-hydrogen) atoms. The molecular weight excluding hydrogens is 402 g/mol. The van der Waals surface area contributed by atoms with Gasteiger partial charge in [-0.1, -0.05) is 0 Å². The number of carbonyl (C=O) groups is 2. The molecule has 4 bridgehead atoms. The lowest BCUT2D eigenvalue weighted by molar-refractivity contribution is -0.146. The van der Waals surface area contributed by atoms with Crippen molar-refractivity contribution in [1.82, 2.24) is 10.3 Å². The van der Waals surface area contributed by atoms with E-state index < -0.39 is 0 Å². The van der Waals surface area contributed by atoms with Crippen LogP contribution in [-0.4, -0.2) is 23.3 Å². The monoisotopic (exact) mass is 429 g/mol. The molecule has 0 saturated heterocycles. The van der Waals surface area contributed by atoms with Crippen LogP contribution in [0.4, 0.5) is 5.13 Å². The summed E-state index contributed by atoms with van der Waals surface area (Å²) in [5.74, 6) is 2.35. The summed E-state index contributed by atoms with van der Waals surface area (Å²) in [5, 5.41) is 8.53. The summed E-state index contributed by atoms with van der Waals surface area (Å²) in [6, 6.07) is 4.13. The van der Waals surface area contributed by atoms with E-state index in [0.717, 1.165) is 47.6 Å². The molecule has 2 amide bonds. The van der Waals surface area contributed by atoms with Gasteiger partial charge in [0.05, 0.1) is 10.6 Å². The fourth-order valence-electron chi connectivity index (χ4n) is 6.06. The number of hydrogen-bond donors (Lipinski definition) is 2. The van der Waals surface area contributed by atoms with Gasteiger partial charge in [-0.2, -0.15) is 0 Å². The minimum Gasteiger partial charge on any atom is -0.355 e. The number of anilines is 1. The standard InChI is InChI=1S/C22H27N3O2S2/c1-13-2-3-18(29-13)17-12-28-21(24-17)25-19(26)4-5-23-20(27)22-9-14-6-15(10-22)8-16(7-14)11-22/h2-3,12,14-16H,4-11H2,1H3,(H,23,27)(H,24,25,26). The molecule has 2 N–H and O–H groups in total. The summed E-state index contributed by atoms with van der Waals surface area (Å²) < 4.78 is 0. The Hall–Kier alpha value is -1.73. The Morgan fingerprint density at radius 2 is 1.83 bits per heavy atom. The Labute approximate surface area is 179 Å². The van der Waals surface area contributed by atoms with E-state index in [1.807, 2.05) is 5.38 Å². The van der Waals surface area contributed by atoms with Crippen molar-refractivity contribution in [2.45, 2.75) is 51.9 Å². The van der Waals surface area contributed by atoms with Crippen molar-refractivity contribution < 1.29 is 9.59 Å². The van der Waals surface area contributed by atoms with Crippen molar-refractivity contribution in [3.63, 3.8) is 0 Å². The maximum absolute atomic E-state index is 12.9. The van der Waals surface area contributed by atoms with Crippen molar-refractivity contribution in [2.75, 3.05) is 11.9 Å². The van der Waals surface area contributed by atoms with Crippen LogP contribution in [0, 0.1) is 30.1 Å². The van der Waals surface area contributed by atoms with Crippen molar-refractivity contribution in [1.29, 1.82) is 0 Å². The maximum Gasteiger partial charge on any atom is 0.227 e. The molecular formula is C22H27N3O2S2. The number of nitrogens with zero attached hydrogens (tertiary/aromatic N) is 1. The molecule has 5 nitrogen and oxygen atoms in total. The Balaban J connectivity index is 1.11. The molecule has 0 atom stereocenters. The highest BCUT2D eigenvalue weighted by atomic mass is 32.1. The summed E-state index contributed by atoms with van der Waals surface area (Å²) in [7, 11) is 0. The minimum absolute atomic E-state index is 0.0981. The van der Waals surface area contributed by atoms with Crippen LogP contribution in [0.2, 0.25) is 0 Å². The van der Waals surface area contributed by atoms with E-state index in [1.165, 1.54) is 35.5 Å². The normalized spacial score (nSPS) is 29.8. The Morgan fingerprint density at radius 3 is 2.45 bits per heavy atom. The number of aromatic nitrogens is 1. The van der Waals surface area contributed by atoms with Gasteiger partial charge >= 0.3 is 0 Å². The number of rotatable bonds is 6. The number of thiazole rings is 1. The van der Waals surface area contributed by atoms with Crippen LogP contribution >= 0.6 is 22.7 Å². The van der Waals surface area contributed by atoms with Crippen molar-refractivity contribution in [3.8, 4) is 10.6 Å². The van der Waals surface area contributed by atoms with Crippen molar-refractivity contribution >= 4 is 39.6 Å². The molecule has 0 spiro atoms. The molecule has 154 valence electrons. The largest absolute Gasteiger partial charge is 0.355 e. The van der Waals surface area contributed by atoms with Crippen LogP contribution in [0.5, 0.6) is 0 Å². The molecule has 2 heterocycles. The molecule has 4 aliphatic rings. The van der Waals surface area contributed by atoms with Gasteiger partial charge in [0.1, 0.15) is 0 Å². The van der Waals surface area contributed by atoms with Crippen LogP contribution in [0.25, 0.3) is 10.6 Å². The molecule has 0 radical (unpaired) electrons. The van der Waals surface area contributed by atoms with Gasteiger partial charge in [-0.3, -0.25) is 9.59 Å². The van der Waals surface area contributed by atoms with Crippen LogP contribution in [-0.2, 0) is 9.59 Å². The molecule has 0 unspecified atom stereocenters. The van der Waals surface area contributed by atoms with Gasteiger partial charge in [-0.05, 0) is 75.3 Å². The van der Waals surface area contributed by atoms with Gasteiger partial charge in [-0.15, -0.1) is 22.7 Å². The predicted octanol–water partition coefficient (Wildman–Crippen LogP) is 4.84. The summed E-state index contributed by atoms with van der Waals surface area (Å²) >= 11 is 3.13. The second-order valence-corrected chi connectivity index (χ2v) is 11.3. The third-order valence-corrected chi connectivity index (χ3v) is 8.68. The molecule has 0 aromatic carbocycles. The highest BCUT2D eigenvalue weighted by Crippen LogP contribution is 2.60. The summed E-state index contributed by atoms with van der Waals surface area (Å²) in [4.78, 5) is 32.1. The van der Waals surface area contributed by atoms with E-state index in [2.05, 4.69) is 34.7 Å². The van der Waals surface area contributed by atoms with Crippen LogP contribution < -0.4 is 10.6 Å². The lowest BCUT2D eigenvalue weighted by atomic mass is 9.49. The van der Waals surface area contributed by atoms with Crippen LogP contribution in [0.15, 0.2) is 17.5 Å². The van der Waals surface area contributed by atoms with Gasteiger partial charge in [0, 0.05) is 28.6 Å². The average molecular weight is 430 g/mol. The SMILES string of the molecule is Cc1ccc(-c2csc(NC(=O)CCNC(=O)C34CC5CC(CC(C5)C3)C4)n2)s1. The maximum atomic E-state index is 12.9. The van der Waals surface area contributed by atoms with Gasteiger partial charge < -0.3 is 10.6 Å². The third-order valence-electron chi connectivity index (χ3n) is 6.90. The number of hydrogen-bond acceptors (Lipinski definition) is 5. The quantitative estimate of drug-likeness (QED) is 0.690. The summed E-state index contributed by atoms with van der Waals surface area (Å²) in [6.07, 6.45) is 7.44. The van der Waals surface area contributed by atoms with E-state index in [1.54, 1.807) is 11.3 Å². The van der Waals surface area contributed by atoms with Crippen molar-refractivity contribution in [3.05, 3.63) is 22.4 Å². The zero-order chi connectivity index (χ0) is 20.0. The summed E-state index contributed by atoms with van der Waals surface area (Å²) in [5.41, 5.74) is 0.757. The Bertz CT molecular complexity index is 897. The molecule has 4 saturated carbocycles. The van der Waals surface area contributed by atoms with E-state index in [9.17, 15) is 9.59 Å². The van der Waals surface area contributed by atoms with Crippen LogP contribution in [0.3, 0.4) is 0 Å². The second-order valence-electron chi connectivity index (χ2n) is 9.20. The second kappa shape index (κ2) is 7.51. The number of nitrogens with one attached hydrogen (secondary N) is 2. The molecule has 4 fully saturated rings. The number of aryl methyl sites for hydroxylation is 1. The number of amides is 2. The Kier molecular flexibility index (Phi) is 4.98. The van der Waals surface area contributed by atoms with Gasteiger partial charge in [-0.25, -0.2) is 4.98 Å². The molecule has 0 aliphatic heterocycles. The van der Waals surface area contributed by atoms with E-state index in [4.69, 9.17) is 0 Å². The zero-order valence-electron chi connectivity index (χ0n) is 16.7. The smallest absolute Gasteiger partial charge is 0.227 e. The van der Waals surface area contributed by atoms with Crippen LogP contribution in [0.1, 0.15) is 49.8 Å². The highest BCUT2D eigenvalue weighted by Gasteiger charge is 2.54. The average Bonchev–Trinajstić information content (AvgIpc) is 3.29. The first kappa shape index (κ1) is 19.2. The molecule has 4 aliphatic carbocycles. The summed E-state index contributed by atoms with van der Waals surface area (Å²) in [6.45, 7) is 2.47. The molecule has 2 aromatic rings. The topological polar surface area (TPSA) is 71.1 Å². The fraction of sp³-hybridized carbons (Fsp3) is 0.591. The van der Waals surface area contributed by atoms with Gasteiger partial charge in [0.15, 0.2) is 5.13 Å². The van der Waals surface area contributed by atoms with E-state index >= 15 is 0 Å². The van der Waals surface area contributed by atoms with Gasteiger partial charge in [0.2, 0.25) is 11.8 Å². The molecule has 2 aromatic heterocycles. The predicted molar refractivity (Wildman–Crippen MR) is 117 cm³/mol. The molecule has 6 rings (SSSR count). The van der Waals surface area contributed by atoms with Gasteiger partial charge in [0.25, 0.3) is 0 Å². The van der Waals surface area contributed by atoms with E-state index in [0.29, 0.717) is 11.7 Å². The molecule has 7 heteroatoms. The lowest BCUT2D eigenvalue weighted by Crippen LogP contribution is -2.53. The minimum atomic E-state index is -0.145. The Morgan fingerprint density at radius 1 is 1.14 bits per heavy atom. The van der Waals surface area contributed by atoms with E-state index in [-0.39, 0.29) is 23.7 Å². The zero-order valence-corrected chi connectivity index (χ0v) is 18.3. The van der Waals surface area contributed by atoms with Crippen molar-refractivity contribution in [2.24, 2.45) is 23.2 Å². The first-order chi connectivity index (χ1) is 14.0. The fourth-order valence-corrected chi connectivity index (χ4v) is 7.69. The number of thiophene rings is 1. The highest BCUT2D eigenvalue weighted by molar-refractivity contribution is 7.17. The first-order valence-electron chi connectivity index (χ1n) is 10.6.